The fourth-order valence-electron chi connectivity index (χ4n) is 1.69. The van der Waals surface area contributed by atoms with Gasteiger partial charge in [-0.1, -0.05) is 0 Å². The van der Waals surface area contributed by atoms with Gasteiger partial charge in [0.15, 0.2) is 0 Å². The molecular weight excluding hydrogens is 292 g/mol. The Bertz CT molecular complexity index is 730. The maximum atomic E-state index is 12.3. The normalized spacial score (nSPS) is 10.2. The second-order valence-corrected chi connectivity index (χ2v) is 4.92. The molecule has 7 nitrogen and oxygen atoms in total. The first kappa shape index (κ1) is 14.9. The topological polar surface area (TPSA) is 110 Å². The molecule has 0 bridgehead atoms. The van der Waals surface area contributed by atoms with Crippen molar-refractivity contribution in [2.75, 3.05) is 24.4 Å². The van der Waals surface area contributed by atoms with Crippen LogP contribution in [0.2, 0.25) is 0 Å². The third kappa shape index (κ3) is 3.34. The van der Waals surface area contributed by atoms with Gasteiger partial charge in [0.25, 0.3) is 5.91 Å². The van der Waals surface area contributed by atoms with Gasteiger partial charge in [0.1, 0.15) is 17.3 Å². The van der Waals surface area contributed by atoms with E-state index in [1.54, 1.807) is 12.1 Å². The molecule has 1 aromatic heterocycles. The number of benzene rings is 1. The average Bonchev–Trinajstić information content (AvgIpc) is 2.49. The molecule has 0 aliphatic carbocycles. The SMILES string of the molecule is COc1ccc(SC)cc1C(=O)Nc1cnc(=O)[nH]c1N. The molecular formula is C13H14N4O3S. The number of carbonyl (C=O) groups is 1. The van der Waals surface area contributed by atoms with Gasteiger partial charge in [-0.2, -0.15) is 4.98 Å². The van der Waals surface area contributed by atoms with Crippen LogP contribution >= 0.6 is 11.8 Å². The van der Waals surface area contributed by atoms with Gasteiger partial charge in [0, 0.05) is 4.90 Å². The van der Waals surface area contributed by atoms with Crippen LogP contribution in [0.3, 0.4) is 0 Å². The first-order chi connectivity index (χ1) is 10.0. The molecule has 4 N–H and O–H groups in total. The van der Waals surface area contributed by atoms with Crippen LogP contribution in [0, 0.1) is 0 Å². The molecule has 0 aliphatic rings. The summed E-state index contributed by atoms with van der Waals surface area (Å²) in [7, 11) is 1.49. The average molecular weight is 306 g/mol. The predicted octanol–water partition coefficient (Wildman–Crippen LogP) is 1.33. The van der Waals surface area contributed by atoms with Gasteiger partial charge in [-0.3, -0.25) is 9.78 Å². The minimum Gasteiger partial charge on any atom is -0.496 e. The van der Waals surface area contributed by atoms with E-state index < -0.39 is 11.6 Å². The number of aromatic amines is 1. The second kappa shape index (κ2) is 6.31. The molecule has 21 heavy (non-hydrogen) atoms. The minimum absolute atomic E-state index is 0.0448. The Morgan fingerprint density at radius 3 is 2.86 bits per heavy atom. The summed E-state index contributed by atoms with van der Waals surface area (Å²) >= 11 is 1.51. The van der Waals surface area contributed by atoms with Crippen LogP contribution in [0.1, 0.15) is 10.4 Å². The zero-order chi connectivity index (χ0) is 15.4. The predicted molar refractivity (Wildman–Crippen MR) is 82.0 cm³/mol. The van der Waals surface area contributed by atoms with Crippen LogP contribution in [0.5, 0.6) is 5.75 Å². The van der Waals surface area contributed by atoms with Crippen molar-refractivity contribution >= 4 is 29.2 Å². The molecule has 0 aliphatic heterocycles. The molecule has 1 amide bonds. The summed E-state index contributed by atoms with van der Waals surface area (Å²) in [5.74, 6) is 0.0906. The van der Waals surface area contributed by atoms with Crippen molar-refractivity contribution in [2.45, 2.75) is 4.90 Å². The number of nitrogens with two attached hydrogens (primary N) is 1. The molecule has 8 heteroatoms. The third-order valence-electron chi connectivity index (χ3n) is 2.74. The zero-order valence-electron chi connectivity index (χ0n) is 11.5. The molecule has 110 valence electrons. The lowest BCUT2D eigenvalue weighted by Crippen LogP contribution is -2.19. The minimum atomic E-state index is -0.576. The van der Waals surface area contributed by atoms with Crippen molar-refractivity contribution in [1.29, 1.82) is 0 Å². The number of nitrogen functional groups attached to an aromatic ring is 1. The second-order valence-electron chi connectivity index (χ2n) is 4.04. The van der Waals surface area contributed by atoms with Gasteiger partial charge >= 0.3 is 5.69 Å². The highest BCUT2D eigenvalue weighted by molar-refractivity contribution is 7.98. The summed E-state index contributed by atoms with van der Waals surface area (Å²) in [6.45, 7) is 0. The van der Waals surface area contributed by atoms with E-state index >= 15 is 0 Å². The summed E-state index contributed by atoms with van der Waals surface area (Å²) in [6, 6.07) is 5.29. The Morgan fingerprint density at radius 2 is 2.24 bits per heavy atom. The number of methoxy groups -OCH3 is 1. The van der Waals surface area contributed by atoms with Crippen LogP contribution < -0.4 is 21.5 Å². The van der Waals surface area contributed by atoms with Crippen molar-refractivity contribution in [3.05, 3.63) is 40.4 Å². The lowest BCUT2D eigenvalue weighted by atomic mass is 10.2. The number of aromatic nitrogens is 2. The number of H-pyrrole nitrogens is 1. The smallest absolute Gasteiger partial charge is 0.346 e. The molecule has 0 saturated carbocycles. The first-order valence-electron chi connectivity index (χ1n) is 5.93. The number of nitrogens with zero attached hydrogens (tertiary/aromatic N) is 1. The summed E-state index contributed by atoms with van der Waals surface area (Å²) in [6.07, 6.45) is 3.12. The number of rotatable bonds is 4. The number of hydrogen-bond acceptors (Lipinski definition) is 6. The Hall–Kier alpha value is -2.48. The maximum absolute atomic E-state index is 12.3. The summed E-state index contributed by atoms with van der Waals surface area (Å²) < 4.78 is 5.18. The van der Waals surface area contributed by atoms with Crippen LogP contribution in [-0.2, 0) is 0 Å². The van der Waals surface area contributed by atoms with E-state index in [-0.39, 0.29) is 11.5 Å². The number of hydrogen-bond donors (Lipinski definition) is 3. The zero-order valence-corrected chi connectivity index (χ0v) is 12.3. The molecule has 1 heterocycles. The van der Waals surface area contributed by atoms with Crippen LogP contribution in [0.15, 0.2) is 34.1 Å². The van der Waals surface area contributed by atoms with E-state index in [0.717, 1.165) is 4.90 Å². The van der Waals surface area contributed by atoms with Gasteiger partial charge in [-0.15, -0.1) is 11.8 Å². The number of carbonyl (C=O) groups excluding carboxylic acids is 1. The highest BCUT2D eigenvalue weighted by Gasteiger charge is 2.15. The molecule has 0 radical (unpaired) electrons. The number of anilines is 2. The van der Waals surface area contributed by atoms with Crippen molar-refractivity contribution in [3.63, 3.8) is 0 Å². The van der Waals surface area contributed by atoms with Crippen molar-refractivity contribution in [2.24, 2.45) is 0 Å². The monoisotopic (exact) mass is 306 g/mol. The molecule has 1 aromatic carbocycles. The van der Waals surface area contributed by atoms with E-state index in [1.807, 2.05) is 12.3 Å². The van der Waals surface area contributed by atoms with E-state index in [0.29, 0.717) is 11.3 Å². The van der Waals surface area contributed by atoms with Gasteiger partial charge < -0.3 is 15.8 Å². The van der Waals surface area contributed by atoms with Crippen LogP contribution in [0.25, 0.3) is 0 Å². The van der Waals surface area contributed by atoms with E-state index in [1.165, 1.54) is 25.1 Å². The molecule has 2 rings (SSSR count). The van der Waals surface area contributed by atoms with Crippen molar-refractivity contribution < 1.29 is 9.53 Å². The lowest BCUT2D eigenvalue weighted by molar-refractivity contribution is 0.102. The third-order valence-corrected chi connectivity index (χ3v) is 3.47. The Labute approximate surface area is 124 Å². The molecule has 2 aromatic rings. The van der Waals surface area contributed by atoms with Crippen molar-refractivity contribution in [3.8, 4) is 5.75 Å². The number of thioether (sulfide) groups is 1. The molecule has 0 spiro atoms. The van der Waals surface area contributed by atoms with E-state index in [9.17, 15) is 9.59 Å². The highest BCUT2D eigenvalue weighted by Crippen LogP contribution is 2.26. The summed E-state index contributed by atoms with van der Waals surface area (Å²) in [5.41, 5.74) is 5.66. The van der Waals surface area contributed by atoms with E-state index in [2.05, 4.69) is 15.3 Å². The Balaban J connectivity index is 2.33. The lowest BCUT2D eigenvalue weighted by Gasteiger charge is -2.11. The fourth-order valence-corrected chi connectivity index (χ4v) is 2.13. The molecule has 0 fully saturated rings. The quantitative estimate of drug-likeness (QED) is 0.735. The van der Waals surface area contributed by atoms with Crippen LogP contribution in [0.4, 0.5) is 11.5 Å². The molecule has 0 atom stereocenters. The Kier molecular flexibility index (Phi) is 4.49. The van der Waals surface area contributed by atoms with Gasteiger partial charge in [0.2, 0.25) is 0 Å². The highest BCUT2D eigenvalue weighted by atomic mass is 32.2. The van der Waals surface area contributed by atoms with E-state index in [4.69, 9.17) is 10.5 Å². The summed E-state index contributed by atoms with van der Waals surface area (Å²) in [5, 5.41) is 2.59. The maximum Gasteiger partial charge on any atom is 0.346 e. The van der Waals surface area contributed by atoms with Gasteiger partial charge in [-0.25, -0.2) is 4.79 Å². The van der Waals surface area contributed by atoms with Crippen molar-refractivity contribution in [1.82, 2.24) is 9.97 Å². The summed E-state index contributed by atoms with van der Waals surface area (Å²) in [4.78, 5) is 30.1. The standard InChI is InChI=1S/C13H14N4O3S/c1-20-10-4-3-7(21-2)5-8(10)12(18)16-9-6-15-13(19)17-11(9)14/h3-6H,1-2H3,(H,16,18)(H3,14,15,17,19). The number of amides is 1. The number of ether oxygens (including phenoxy) is 1. The fraction of sp³-hybridized carbons (Fsp3) is 0.154. The van der Waals surface area contributed by atoms with Gasteiger partial charge in [-0.05, 0) is 24.5 Å². The Morgan fingerprint density at radius 1 is 1.48 bits per heavy atom. The first-order valence-corrected chi connectivity index (χ1v) is 7.15. The van der Waals surface area contributed by atoms with Gasteiger partial charge in [0.05, 0.1) is 18.9 Å². The van der Waals surface area contributed by atoms with Crippen LogP contribution in [-0.4, -0.2) is 29.2 Å². The largest absolute Gasteiger partial charge is 0.496 e. The number of nitrogens with one attached hydrogen (secondary N) is 2. The molecule has 0 unspecified atom stereocenters. The molecule has 0 saturated heterocycles.